The Morgan fingerprint density at radius 1 is 1.21 bits per heavy atom. The number of ether oxygens (including phenoxy) is 1. The summed E-state index contributed by atoms with van der Waals surface area (Å²) in [5.41, 5.74) is 2.78. The molecule has 1 saturated heterocycles. The van der Waals surface area contributed by atoms with E-state index in [0.29, 0.717) is 12.1 Å². The van der Waals surface area contributed by atoms with Crippen molar-refractivity contribution in [1.82, 2.24) is 10.2 Å². The van der Waals surface area contributed by atoms with E-state index in [1.165, 1.54) is 30.4 Å². The molecular formula is C16H24N2O. The number of hydrogen-bond donors (Lipinski definition) is 1. The van der Waals surface area contributed by atoms with E-state index >= 15 is 0 Å². The molecule has 0 spiro atoms. The number of morpholine rings is 1. The van der Waals surface area contributed by atoms with Crippen LogP contribution < -0.4 is 5.32 Å². The van der Waals surface area contributed by atoms with Gasteiger partial charge in [-0.3, -0.25) is 4.90 Å². The molecule has 3 rings (SSSR count). The van der Waals surface area contributed by atoms with Crippen LogP contribution >= 0.6 is 0 Å². The lowest BCUT2D eigenvalue weighted by Gasteiger charge is -2.37. The van der Waals surface area contributed by atoms with Crippen molar-refractivity contribution in [2.75, 3.05) is 20.2 Å². The van der Waals surface area contributed by atoms with Gasteiger partial charge in [-0.2, -0.15) is 0 Å². The highest BCUT2D eigenvalue weighted by molar-refractivity contribution is 5.22. The molecule has 1 aromatic carbocycles. The highest BCUT2D eigenvalue weighted by atomic mass is 16.5. The van der Waals surface area contributed by atoms with E-state index in [-0.39, 0.29) is 0 Å². The maximum Gasteiger partial charge on any atom is 0.0731 e. The average molecular weight is 260 g/mol. The van der Waals surface area contributed by atoms with Crippen molar-refractivity contribution in [3.63, 3.8) is 0 Å². The predicted molar refractivity (Wildman–Crippen MR) is 77.0 cm³/mol. The van der Waals surface area contributed by atoms with Gasteiger partial charge in [0, 0.05) is 25.7 Å². The van der Waals surface area contributed by atoms with Crippen LogP contribution in [0.25, 0.3) is 0 Å². The van der Waals surface area contributed by atoms with Gasteiger partial charge in [0.1, 0.15) is 0 Å². The van der Waals surface area contributed by atoms with Crippen LogP contribution in [0, 0.1) is 0 Å². The van der Waals surface area contributed by atoms with E-state index in [2.05, 4.69) is 34.5 Å². The smallest absolute Gasteiger partial charge is 0.0731 e. The summed E-state index contributed by atoms with van der Waals surface area (Å²) in [5, 5.41) is 3.19. The summed E-state index contributed by atoms with van der Waals surface area (Å²) in [7, 11) is 1.99. The molecule has 1 saturated carbocycles. The lowest BCUT2D eigenvalue weighted by molar-refractivity contribution is -0.0588. The molecule has 3 nitrogen and oxygen atoms in total. The van der Waals surface area contributed by atoms with Crippen LogP contribution in [0.3, 0.4) is 0 Å². The van der Waals surface area contributed by atoms with Crippen molar-refractivity contribution in [2.45, 2.75) is 44.5 Å². The molecule has 1 N–H and O–H groups in total. The first-order valence-corrected chi connectivity index (χ1v) is 7.45. The SMILES string of the molecule is CNCc1ccc(CN2CCOC3CCCC32)cc1. The van der Waals surface area contributed by atoms with Gasteiger partial charge in [0.25, 0.3) is 0 Å². The summed E-state index contributed by atoms with van der Waals surface area (Å²) in [6, 6.07) is 9.67. The summed E-state index contributed by atoms with van der Waals surface area (Å²) in [6.07, 6.45) is 4.38. The molecule has 1 heterocycles. The second-order valence-electron chi connectivity index (χ2n) is 5.72. The van der Waals surface area contributed by atoms with E-state index in [0.717, 1.165) is 26.2 Å². The Balaban J connectivity index is 1.63. The molecule has 3 heteroatoms. The second kappa shape index (κ2) is 6.04. The highest BCUT2D eigenvalue weighted by Crippen LogP contribution is 2.30. The van der Waals surface area contributed by atoms with Crippen molar-refractivity contribution < 1.29 is 4.74 Å². The minimum Gasteiger partial charge on any atom is -0.375 e. The molecule has 2 unspecified atom stereocenters. The third kappa shape index (κ3) is 2.99. The molecule has 2 fully saturated rings. The molecule has 0 amide bonds. The predicted octanol–water partition coefficient (Wildman–Crippen LogP) is 2.16. The Morgan fingerprint density at radius 2 is 2.00 bits per heavy atom. The first kappa shape index (κ1) is 13.1. The summed E-state index contributed by atoms with van der Waals surface area (Å²) in [6.45, 7) is 4.01. The molecule has 2 aliphatic rings. The second-order valence-corrected chi connectivity index (χ2v) is 5.72. The maximum atomic E-state index is 5.87. The van der Waals surface area contributed by atoms with Gasteiger partial charge >= 0.3 is 0 Å². The Hall–Kier alpha value is -0.900. The molecule has 1 aliphatic heterocycles. The largest absolute Gasteiger partial charge is 0.375 e. The molecule has 1 aliphatic carbocycles. The topological polar surface area (TPSA) is 24.5 Å². The normalized spacial score (nSPS) is 27.4. The number of hydrogen-bond acceptors (Lipinski definition) is 3. The van der Waals surface area contributed by atoms with Gasteiger partial charge in [-0.1, -0.05) is 24.3 Å². The molecule has 104 valence electrons. The van der Waals surface area contributed by atoms with E-state index < -0.39 is 0 Å². The third-order valence-electron chi connectivity index (χ3n) is 4.39. The summed E-state index contributed by atoms with van der Waals surface area (Å²) < 4.78 is 5.87. The number of fused-ring (bicyclic) bond motifs is 1. The van der Waals surface area contributed by atoms with E-state index in [1.54, 1.807) is 0 Å². The molecule has 0 bridgehead atoms. The Morgan fingerprint density at radius 3 is 2.79 bits per heavy atom. The van der Waals surface area contributed by atoms with E-state index in [9.17, 15) is 0 Å². The third-order valence-corrected chi connectivity index (χ3v) is 4.39. The fraction of sp³-hybridized carbons (Fsp3) is 0.625. The lowest BCUT2D eigenvalue weighted by Crippen LogP contribution is -2.47. The summed E-state index contributed by atoms with van der Waals surface area (Å²) in [4.78, 5) is 2.62. The molecule has 0 radical (unpaired) electrons. The van der Waals surface area contributed by atoms with Crippen LogP contribution in [-0.2, 0) is 17.8 Å². The van der Waals surface area contributed by atoms with Crippen LogP contribution in [0.4, 0.5) is 0 Å². The van der Waals surface area contributed by atoms with Gasteiger partial charge < -0.3 is 10.1 Å². The van der Waals surface area contributed by atoms with Gasteiger partial charge in [-0.05, 0) is 37.4 Å². The monoisotopic (exact) mass is 260 g/mol. The van der Waals surface area contributed by atoms with Crippen LogP contribution in [0.15, 0.2) is 24.3 Å². The van der Waals surface area contributed by atoms with Gasteiger partial charge in [0.2, 0.25) is 0 Å². The van der Waals surface area contributed by atoms with Crippen LogP contribution in [0.2, 0.25) is 0 Å². The zero-order chi connectivity index (χ0) is 13.1. The molecular weight excluding hydrogens is 236 g/mol. The minimum atomic E-state index is 0.498. The number of nitrogens with one attached hydrogen (secondary N) is 1. The zero-order valence-electron chi connectivity index (χ0n) is 11.8. The number of nitrogens with zero attached hydrogens (tertiary/aromatic N) is 1. The van der Waals surface area contributed by atoms with E-state index in [1.807, 2.05) is 7.05 Å². The molecule has 1 aromatic rings. The van der Waals surface area contributed by atoms with Crippen LogP contribution in [-0.4, -0.2) is 37.2 Å². The number of benzene rings is 1. The van der Waals surface area contributed by atoms with Crippen molar-refractivity contribution in [1.29, 1.82) is 0 Å². The van der Waals surface area contributed by atoms with Crippen LogP contribution in [0.5, 0.6) is 0 Å². The first-order valence-electron chi connectivity index (χ1n) is 7.45. The number of rotatable bonds is 4. The van der Waals surface area contributed by atoms with E-state index in [4.69, 9.17) is 4.74 Å². The maximum absolute atomic E-state index is 5.87. The van der Waals surface area contributed by atoms with Crippen molar-refractivity contribution >= 4 is 0 Å². The van der Waals surface area contributed by atoms with Gasteiger partial charge in [0.05, 0.1) is 12.7 Å². The highest BCUT2D eigenvalue weighted by Gasteiger charge is 2.35. The molecule has 19 heavy (non-hydrogen) atoms. The Bertz CT molecular complexity index is 404. The fourth-order valence-corrected chi connectivity index (χ4v) is 3.40. The van der Waals surface area contributed by atoms with Crippen LogP contribution in [0.1, 0.15) is 30.4 Å². The first-order chi connectivity index (χ1) is 9.36. The quantitative estimate of drug-likeness (QED) is 0.898. The summed E-state index contributed by atoms with van der Waals surface area (Å²) in [5.74, 6) is 0. The van der Waals surface area contributed by atoms with Crippen molar-refractivity contribution in [3.8, 4) is 0 Å². The van der Waals surface area contributed by atoms with Gasteiger partial charge in [-0.25, -0.2) is 0 Å². The molecule has 2 atom stereocenters. The summed E-state index contributed by atoms with van der Waals surface area (Å²) >= 11 is 0. The van der Waals surface area contributed by atoms with Gasteiger partial charge in [0.15, 0.2) is 0 Å². The minimum absolute atomic E-state index is 0.498. The van der Waals surface area contributed by atoms with Gasteiger partial charge in [-0.15, -0.1) is 0 Å². The average Bonchev–Trinajstić information content (AvgIpc) is 2.91. The zero-order valence-corrected chi connectivity index (χ0v) is 11.8. The molecule has 0 aromatic heterocycles. The fourth-order valence-electron chi connectivity index (χ4n) is 3.40. The lowest BCUT2D eigenvalue weighted by atomic mass is 10.1. The Kier molecular flexibility index (Phi) is 4.16. The standard InChI is InChI=1S/C16H24N2O/c1-17-11-13-5-7-14(8-6-13)12-18-9-10-19-16-4-2-3-15(16)18/h5-8,15-17H,2-4,9-12H2,1H3. The Labute approximate surface area is 115 Å². The van der Waals surface area contributed by atoms with Crippen molar-refractivity contribution in [2.24, 2.45) is 0 Å². The van der Waals surface area contributed by atoms with Crippen molar-refractivity contribution in [3.05, 3.63) is 35.4 Å².